The Bertz CT molecular complexity index is 455. The summed E-state index contributed by atoms with van der Waals surface area (Å²) in [4.78, 5) is 0. The zero-order valence-corrected chi connectivity index (χ0v) is 10.5. The molecule has 0 aliphatic carbocycles. The number of aryl methyl sites for hydroxylation is 1. The molecule has 0 unspecified atom stereocenters. The molecule has 0 bridgehead atoms. The minimum absolute atomic E-state index is 0.843. The number of terminal acetylenes is 1. The largest absolute Gasteiger partial charge is 0.495 e. The van der Waals surface area contributed by atoms with Crippen LogP contribution in [0.15, 0.2) is 18.2 Å². The van der Waals surface area contributed by atoms with Crippen molar-refractivity contribution >= 4 is 0 Å². The second-order valence-corrected chi connectivity index (χ2v) is 3.87. The number of unbranched alkanes of at least 4 members (excludes halogenated alkanes) is 3. The second-order valence-electron chi connectivity index (χ2n) is 3.87. The molecule has 0 saturated heterocycles. The monoisotopic (exact) mass is 226 g/mol. The molecule has 0 amide bonds. The van der Waals surface area contributed by atoms with Crippen molar-refractivity contribution in [3.63, 3.8) is 0 Å². The Morgan fingerprint density at radius 1 is 1.24 bits per heavy atom. The Balaban J connectivity index is 2.62. The quantitative estimate of drug-likeness (QED) is 0.563. The molecular formula is C16H18O. The first kappa shape index (κ1) is 13.2. The van der Waals surface area contributed by atoms with E-state index >= 15 is 0 Å². The van der Waals surface area contributed by atoms with E-state index in [-0.39, 0.29) is 0 Å². The molecule has 0 radical (unpaired) electrons. The molecule has 1 aromatic rings. The minimum Gasteiger partial charge on any atom is -0.495 e. The summed E-state index contributed by atoms with van der Waals surface area (Å²) in [6, 6.07) is 5.96. The summed E-state index contributed by atoms with van der Waals surface area (Å²) in [5, 5.41) is 0. The molecule has 0 N–H and O–H groups in total. The van der Waals surface area contributed by atoms with Crippen molar-refractivity contribution in [1.29, 1.82) is 0 Å². The molecule has 0 saturated carbocycles. The molecule has 0 heterocycles. The Hall–Kier alpha value is -1.86. The van der Waals surface area contributed by atoms with Crippen LogP contribution in [-0.2, 0) is 0 Å². The van der Waals surface area contributed by atoms with Crippen LogP contribution in [0.4, 0.5) is 0 Å². The van der Waals surface area contributed by atoms with E-state index in [1.807, 2.05) is 25.1 Å². The fourth-order valence-corrected chi connectivity index (χ4v) is 1.56. The van der Waals surface area contributed by atoms with Crippen molar-refractivity contribution in [1.82, 2.24) is 0 Å². The van der Waals surface area contributed by atoms with Gasteiger partial charge in [-0.25, -0.2) is 0 Å². The predicted molar refractivity (Wildman–Crippen MR) is 71.9 cm³/mol. The van der Waals surface area contributed by atoms with E-state index in [1.165, 1.54) is 0 Å². The molecule has 1 rings (SSSR count). The lowest BCUT2D eigenvalue weighted by Gasteiger charge is -2.05. The second kappa shape index (κ2) is 7.42. The average Bonchev–Trinajstić information content (AvgIpc) is 2.35. The third-order valence-corrected chi connectivity index (χ3v) is 2.54. The van der Waals surface area contributed by atoms with Gasteiger partial charge in [0.1, 0.15) is 5.75 Å². The molecule has 0 fully saturated rings. The van der Waals surface area contributed by atoms with E-state index in [0.717, 1.165) is 42.6 Å². The van der Waals surface area contributed by atoms with Crippen LogP contribution in [0.5, 0.6) is 5.75 Å². The van der Waals surface area contributed by atoms with Gasteiger partial charge in [0.25, 0.3) is 0 Å². The van der Waals surface area contributed by atoms with Crippen LogP contribution >= 0.6 is 0 Å². The summed E-state index contributed by atoms with van der Waals surface area (Å²) < 4.78 is 5.29. The van der Waals surface area contributed by atoms with Crippen LogP contribution < -0.4 is 4.74 Å². The number of ether oxygens (including phenoxy) is 1. The molecule has 0 aliphatic rings. The Kier molecular flexibility index (Phi) is 5.76. The fourth-order valence-electron chi connectivity index (χ4n) is 1.56. The van der Waals surface area contributed by atoms with Gasteiger partial charge in [-0.05, 0) is 31.4 Å². The van der Waals surface area contributed by atoms with Gasteiger partial charge in [0.15, 0.2) is 0 Å². The highest BCUT2D eigenvalue weighted by Crippen LogP contribution is 2.20. The SMILES string of the molecule is C#CCCCCC#Cc1c(C)cccc1OC. The standard InChI is InChI=1S/C16H18O/c1-4-5-6-7-8-9-12-15-14(2)11-10-13-16(15)17-3/h1,10-11,13H,5-8H2,2-3H3. The first-order chi connectivity index (χ1) is 8.29. The number of rotatable bonds is 4. The summed E-state index contributed by atoms with van der Waals surface area (Å²) in [5.74, 6) is 9.84. The molecule has 1 aromatic carbocycles. The number of hydrogen-bond acceptors (Lipinski definition) is 1. The van der Waals surface area contributed by atoms with Gasteiger partial charge in [0, 0.05) is 12.8 Å². The highest BCUT2D eigenvalue weighted by atomic mass is 16.5. The van der Waals surface area contributed by atoms with Crippen molar-refractivity contribution in [2.45, 2.75) is 32.6 Å². The fraction of sp³-hybridized carbons (Fsp3) is 0.375. The highest BCUT2D eigenvalue weighted by molar-refractivity contribution is 5.50. The summed E-state index contributed by atoms with van der Waals surface area (Å²) in [7, 11) is 1.67. The molecule has 17 heavy (non-hydrogen) atoms. The van der Waals surface area contributed by atoms with Crippen LogP contribution in [-0.4, -0.2) is 7.11 Å². The summed E-state index contributed by atoms with van der Waals surface area (Å²) in [6.07, 6.45) is 9.03. The topological polar surface area (TPSA) is 9.23 Å². The number of methoxy groups -OCH3 is 1. The number of hydrogen-bond donors (Lipinski definition) is 0. The Morgan fingerprint density at radius 2 is 2.00 bits per heavy atom. The average molecular weight is 226 g/mol. The van der Waals surface area contributed by atoms with E-state index in [1.54, 1.807) is 7.11 Å². The first-order valence-electron chi connectivity index (χ1n) is 5.85. The molecule has 1 heteroatoms. The molecule has 0 aromatic heterocycles. The Morgan fingerprint density at radius 3 is 2.71 bits per heavy atom. The maximum atomic E-state index is 5.29. The van der Waals surface area contributed by atoms with Crippen molar-refractivity contribution < 1.29 is 4.74 Å². The lowest BCUT2D eigenvalue weighted by Crippen LogP contribution is -1.90. The van der Waals surface area contributed by atoms with Crippen molar-refractivity contribution in [2.24, 2.45) is 0 Å². The summed E-state index contributed by atoms with van der Waals surface area (Å²) in [5.41, 5.74) is 2.15. The maximum absolute atomic E-state index is 5.29. The van der Waals surface area contributed by atoms with Gasteiger partial charge in [-0.2, -0.15) is 0 Å². The van der Waals surface area contributed by atoms with E-state index in [0.29, 0.717) is 0 Å². The van der Waals surface area contributed by atoms with E-state index < -0.39 is 0 Å². The third kappa shape index (κ3) is 4.25. The maximum Gasteiger partial charge on any atom is 0.134 e. The van der Waals surface area contributed by atoms with Gasteiger partial charge < -0.3 is 4.74 Å². The Labute approximate surface area is 104 Å². The normalized spacial score (nSPS) is 9.00. The molecule has 0 atom stereocenters. The van der Waals surface area contributed by atoms with Crippen LogP contribution in [0.1, 0.15) is 36.8 Å². The molecule has 0 spiro atoms. The lowest BCUT2D eigenvalue weighted by molar-refractivity contribution is 0.413. The van der Waals surface area contributed by atoms with Gasteiger partial charge in [-0.1, -0.05) is 24.0 Å². The van der Waals surface area contributed by atoms with Crippen LogP contribution in [0.2, 0.25) is 0 Å². The van der Waals surface area contributed by atoms with E-state index in [2.05, 4.69) is 17.8 Å². The lowest BCUT2D eigenvalue weighted by atomic mass is 10.1. The molecule has 88 valence electrons. The van der Waals surface area contributed by atoms with Crippen LogP contribution in [0, 0.1) is 31.1 Å². The zero-order chi connectivity index (χ0) is 12.5. The third-order valence-electron chi connectivity index (χ3n) is 2.54. The zero-order valence-electron chi connectivity index (χ0n) is 10.5. The highest BCUT2D eigenvalue weighted by Gasteiger charge is 2.01. The molecule has 0 aliphatic heterocycles. The summed E-state index contributed by atoms with van der Waals surface area (Å²) >= 11 is 0. The van der Waals surface area contributed by atoms with Crippen molar-refractivity contribution in [2.75, 3.05) is 7.11 Å². The van der Waals surface area contributed by atoms with Crippen LogP contribution in [0.25, 0.3) is 0 Å². The predicted octanol–water partition coefficient (Wildman–Crippen LogP) is 3.55. The van der Waals surface area contributed by atoms with Gasteiger partial charge in [-0.15, -0.1) is 12.3 Å². The smallest absolute Gasteiger partial charge is 0.134 e. The van der Waals surface area contributed by atoms with Crippen LogP contribution in [0.3, 0.4) is 0 Å². The van der Waals surface area contributed by atoms with Crippen molar-refractivity contribution in [3.05, 3.63) is 29.3 Å². The van der Waals surface area contributed by atoms with E-state index in [9.17, 15) is 0 Å². The molecule has 1 nitrogen and oxygen atoms in total. The van der Waals surface area contributed by atoms with E-state index in [4.69, 9.17) is 11.2 Å². The van der Waals surface area contributed by atoms with Gasteiger partial charge in [-0.3, -0.25) is 0 Å². The minimum atomic E-state index is 0.843. The van der Waals surface area contributed by atoms with Gasteiger partial charge in [0.2, 0.25) is 0 Å². The number of benzene rings is 1. The van der Waals surface area contributed by atoms with Gasteiger partial charge >= 0.3 is 0 Å². The van der Waals surface area contributed by atoms with Gasteiger partial charge in [0.05, 0.1) is 12.7 Å². The van der Waals surface area contributed by atoms with Crippen molar-refractivity contribution in [3.8, 4) is 29.9 Å². The molecular weight excluding hydrogens is 208 g/mol. The first-order valence-corrected chi connectivity index (χ1v) is 5.85. The summed E-state index contributed by atoms with van der Waals surface area (Å²) in [6.45, 7) is 2.05.